The summed E-state index contributed by atoms with van der Waals surface area (Å²) in [6.07, 6.45) is 0. The van der Waals surface area contributed by atoms with E-state index in [-0.39, 0.29) is 5.91 Å². The molecule has 0 aliphatic heterocycles. The number of hydrazine groups is 1. The molecule has 0 aliphatic rings. The van der Waals surface area contributed by atoms with Crippen LogP contribution in [0.25, 0.3) is 0 Å². The second kappa shape index (κ2) is 6.43. The summed E-state index contributed by atoms with van der Waals surface area (Å²) >= 11 is 5.93. The average Bonchev–Trinajstić information content (AvgIpc) is 2.46. The van der Waals surface area contributed by atoms with Crippen LogP contribution in [0.2, 0.25) is 5.02 Å². The number of nitrogens with zero attached hydrogens (tertiary/aromatic N) is 1. The lowest BCUT2D eigenvalue weighted by molar-refractivity contribution is 0.102. The van der Waals surface area contributed by atoms with Crippen molar-refractivity contribution in [3.05, 3.63) is 46.6 Å². The number of anilines is 2. The molecule has 0 unspecified atom stereocenters. The monoisotopic (exact) mass is 306 g/mol. The standard InChI is InChI=1S/C14H15ClN4O2/c1-8-5-9(6-13(17-8)19-16)14(20)18-11-7-10(15)3-4-12(11)21-2/h3-7H,16H2,1-2H3,(H,17,19)(H,18,20). The number of nitrogens with two attached hydrogens (primary N) is 1. The number of hydrogen-bond donors (Lipinski definition) is 3. The summed E-state index contributed by atoms with van der Waals surface area (Å²) in [5.41, 5.74) is 4.02. The second-order valence-corrected chi connectivity index (χ2v) is 4.76. The number of aromatic nitrogens is 1. The first kappa shape index (κ1) is 15.1. The fraction of sp³-hybridized carbons (Fsp3) is 0.143. The largest absolute Gasteiger partial charge is 0.495 e. The van der Waals surface area contributed by atoms with Crippen LogP contribution in [0.5, 0.6) is 5.75 Å². The van der Waals surface area contributed by atoms with Gasteiger partial charge in [0.05, 0.1) is 12.8 Å². The minimum absolute atomic E-state index is 0.308. The third-order valence-corrected chi connectivity index (χ3v) is 3.01. The van der Waals surface area contributed by atoms with Crippen molar-refractivity contribution in [1.82, 2.24) is 4.98 Å². The highest BCUT2D eigenvalue weighted by Crippen LogP contribution is 2.28. The molecule has 2 aromatic rings. The lowest BCUT2D eigenvalue weighted by Crippen LogP contribution is -2.15. The highest BCUT2D eigenvalue weighted by Gasteiger charge is 2.12. The number of amides is 1. The number of aryl methyl sites for hydroxylation is 1. The van der Waals surface area contributed by atoms with Gasteiger partial charge in [0.1, 0.15) is 11.6 Å². The number of methoxy groups -OCH3 is 1. The third-order valence-electron chi connectivity index (χ3n) is 2.77. The lowest BCUT2D eigenvalue weighted by atomic mass is 10.2. The number of nitrogens with one attached hydrogen (secondary N) is 2. The normalized spacial score (nSPS) is 10.1. The van der Waals surface area contributed by atoms with E-state index in [0.717, 1.165) is 0 Å². The van der Waals surface area contributed by atoms with Gasteiger partial charge < -0.3 is 15.5 Å². The van der Waals surface area contributed by atoms with Gasteiger partial charge in [0.2, 0.25) is 0 Å². The SMILES string of the molecule is COc1ccc(Cl)cc1NC(=O)c1cc(C)nc(NN)c1. The molecular weight excluding hydrogens is 292 g/mol. The Morgan fingerprint density at radius 2 is 2.10 bits per heavy atom. The van der Waals surface area contributed by atoms with E-state index in [9.17, 15) is 4.79 Å². The summed E-state index contributed by atoms with van der Waals surface area (Å²) in [5.74, 6) is 5.96. The quantitative estimate of drug-likeness (QED) is 0.597. The minimum atomic E-state index is -0.308. The van der Waals surface area contributed by atoms with Crippen molar-refractivity contribution < 1.29 is 9.53 Å². The molecule has 0 spiro atoms. The molecule has 0 saturated heterocycles. The molecule has 110 valence electrons. The summed E-state index contributed by atoms with van der Waals surface area (Å²) in [7, 11) is 1.52. The fourth-order valence-corrected chi connectivity index (χ4v) is 2.02. The highest BCUT2D eigenvalue weighted by atomic mass is 35.5. The Hall–Kier alpha value is -2.31. The first-order valence-electron chi connectivity index (χ1n) is 6.13. The van der Waals surface area contributed by atoms with Gasteiger partial charge in [-0.3, -0.25) is 4.79 Å². The molecular formula is C14H15ClN4O2. The molecule has 1 aromatic heterocycles. The summed E-state index contributed by atoms with van der Waals surface area (Å²) in [6.45, 7) is 1.78. The van der Waals surface area contributed by atoms with E-state index in [0.29, 0.717) is 33.5 Å². The molecule has 21 heavy (non-hydrogen) atoms. The van der Waals surface area contributed by atoms with Crippen molar-refractivity contribution in [1.29, 1.82) is 0 Å². The van der Waals surface area contributed by atoms with Crippen molar-refractivity contribution in [2.24, 2.45) is 5.84 Å². The Morgan fingerprint density at radius 3 is 2.76 bits per heavy atom. The molecule has 0 aliphatic carbocycles. The van der Waals surface area contributed by atoms with Gasteiger partial charge in [-0.05, 0) is 37.3 Å². The molecule has 6 nitrogen and oxygen atoms in total. The van der Waals surface area contributed by atoms with Crippen LogP contribution in [0.1, 0.15) is 16.1 Å². The molecule has 0 atom stereocenters. The molecule has 2 rings (SSSR count). The van der Waals surface area contributed by atoms with Crippen molar-refractivity contribution in [3.63, 3.8) is 0 Å². The molecule has 1 heterocycles. The second-order valence-electron chi connectivity index (χ2n) is 4.33. The Morgan fingerprint density at radius 1 is 1.33 bits per heavy atom. The van der Waals surface area contributed by atoms with Gasteiger partial charge in [-0.15, -0.1) is 0 Å². The summed E-state index contributed by atoms with van der Waals surface area (Å²) in [6, 6.07) is 8.20. The number of rotatable bonds is 4. The van der Waals surface area contributed by atoms with Gasteiger partial charge >= 0.3 is 0 Å². The zero-order valence-electron chi connectivity index (χ0n) is 11.6. The van der Waals surface area contributed by atoms with Crippen LogP contribution in [0.4, 0.5) is 11.5 Å². The van der Waals surface area contributed by atoms with Gasteiger partial charge in [0, 0.05) is 16.3 Å². The maximum absolute atomic E-state index is 12.3. The van der Waals surface area contributed by atoms with E-state index in [4.69, 9.17) is 22.2 Å². The van der Waals surface area contributed by atoms with Crippen LogP contribution in [0, 0.1) is 6.92 Å². The zero-order chi connectivity index (χ0) is 15.4. The molecule has 0 fully saturated rings. The Balaban J connectivity index is 2.30. The van der Waals surface area contributed by atoms with E-state index in [1.54, 1.807) is 37.3 Å². The van der Waals surface area contributed by atoms with Crippen LogP contribution in [-0.2, 0) is 0 Å². The molecule has 0 radical (unpaired) electrons. The van der Waals surface area contributed by atoms with Crippen LogP contribution in [0.3, 0.4) is 0 Å². The Labute approximate surface area is 127 Å². The Kier molecular flexibility index (Phi) is 4.62. The van der Waals surface area contributed by atoms with Crippen LogP contribution < -0.4 is 21.3 Å². The van der Waals surface area contributed by atoms with Crippen LogP contribution in [-0.4, -0.2) is 18.0 Å². The topological polar surface area (TPSA) is 89.3 Å². The first-order valence-corrected chi connectivity index (χ1v) is 6.51. The average molecular weight is 307 g/mol. The van der Waals surface area contributed by atoms with E-state index in [2.05, 4.69) is 15.7 Å². The molecule has 1 amide bonds. The first-order chi connectivity index (χ1) is 10.0. The predicted octanol–water partition coefficient (Wildman–Crippen LogP) is 2.59. The number of carbonyl (C=O) groups excluding carboxylic acids is 1. The zero-order valence-corrected chi connectivity index (χ0v) is 12.4. The van der Waals surface area contributed by atoms with Crippen molar-refractivity contribution in [3.8, 4) is 5.75 Å². The van der Waals surface area contributed by atoms with Crippen molar-refractivity contribution in [2.75, 3.05) is 17.9 Å². The predicted molar refractivity (Wildman–Crippen MR) is 82.7 cm³/mol. The minimum Gasteiger partial charge on any atom is -0.495 e. The number of halogens is 1. The summed E-state index contributed by atoms with van der Waals surface area (Å²) < 4.78 is 5.19. The van der Waals surface area contributed by atoms with Gasteiger partial charge in [0.15, 0.2) is 0 Å². The fourth-order valence-electron chi connectivity index (χ4n) is 1.85. The third kappa shape index (κ3) is 3.62. The van der Waals surface area contributed by atoms with E-state index in [1.165, 1.54) is 7.11 Å². The summed E-state index contributed by atoms with van der Waals surface area (Å²) in [5, 5.41) is 3.25. The Bertz CT molecular complexity index is 676. The maximum Gasteiger partial charge on any atom is 0.255 e. The van der Waals surface area contributed by atoms with Crippen molar-refractivity contribution >= 4 is 29.0 Å². The lowest BCUT2D eigenvalue weighted by Gasteiger charge is -2.11. The van der Waals surface area contributed by atoms with Crippen LogP contribution in [0.15, 0.2) is 30.3 Å². The van der Waals surface area contributed by atoms with E-state index >= 15 is 0 Å². The van der Waals surface area contributed by atoms with E-state index in [1.807, 2.05) is 0 Å². The smallest absolute Gasteiger partial charge is 0.255 e. The van der Waals surface area contributed by atoms with Gasteiger partial charge in [-0.1, -0.05) is 11.6 Å². The van der Waals surface area contributed by atoms with Crippen molar-refractivity contribution in [2.45, 2.75) is 6.92 Å². The highest BCUT2D eigenvalue weighted by molar-refractivity contribution is 6.31. The molecule has 4 N–H and O–H groups in total. The number of hydrogen-bond acceptors (Lipinski definition) is 5. The van der Waals surface area contributed by atoms with E-state index < -0.39 is 0 Å². The maximum atomic E-state index is 12.3. The summed E-state index contributed by atoms with van der Waals surface area (Å²) in [4.78, 5) is 16.4. The molecule has 0 bridgehead atoms. The molecule has 1 aromatic carbocycles. The number of nitrogen functional groups attached to an aromatic ring is 1. The van der Waals surface area contributed by atoms with Gasteiger partial charge in [-0.2, -0.15) is 0 Å². The van der Waals surface area contributed by atoms with Crippen LogP contribution >= 0.6 is 11.6 Å². The molecule has 0 saturated carbocycles. The number of carbonyl (C=O) groups is 1. The van der Waals surface area contributed by atoms with Gasteiger partial charge in [0.25, 0.3) is 5.91 Å². The number of benzene rings is 1. The number of pyridine rings is 1. The van der Waals surface area contributed by atoms with Gasteiger partial charge in [-0.25, -0.2) is 10.8 Å². The molecule has 7 heteroatoms. The number of ether oxygens (including phenoxy) is 1.